The summed E-state index contributed by atoms with van der Waals surface area (Å²) in [7, 11) is 1.97. The number of aliphatic imine (C=N–C) groups is 1. The van der Waals surface area contributed by atoms with E-state index in [1.54, 1.807) is 6.21 Å². The van der Waals surface area contributed by atoms with Crippen LogP contribution < -0.4 is 0 Å². The van der Waals surface area contributed by atoms with E-state index in [-0.39, 0.29) is 0 Å². The third kappa shape index (κ3) is 2.52. The first-order valence-corrected chi connectivity index (χ1v) is 7.89. The molecule has 0 radical (unpaired) electrons. The van der Waals surface area contributed by atoms with Gasteiger partial charge in [0.1, 0.15) is 5.70 Å². The fraction of sp³-hybridized carbons (Fsp3) is 0.100. The molecule has 4 nitrogen and oxygen atoms in total. The van der Waals surface area contributed by atoms with Crippen molar-refractivity contribution in [2.24, 2.45) is 4.99 Å². The second-order valence-electron chi connectivity index (χ2n) is 5.87. The van der Waals surface area contributed by atoms with Crippen molar-refractivity contribution in [2.45, 2.75) is 6.54 Å². The Hall–Kier alpha value is -3.14. The lowest BCUT2D eigenvalue weighted by Gasteiger charge is -2.19. The first-order valence-electron chi connectivity index (χ1n) is 7.89. The van der Waals surface area contributed by atoms with Gasteiger partial charge in [-0.2, -0.15) is 0 Å². The van der Waals surface area contributed by atoms with Crippen molar-refractivity contribution in [1.82, 2.24) is 14.5 Å². The molecule has 0 saturated carbocycles. The summed E-state index contributed by atoms with van der Waals surface area (Å²) in [6.45, 7) is 4.72. The van der Waals surface area contributed by atoms with Gasteiger partial charge in [-0.15, -0.1) is 0 Å². The van der Waals surface area contributed by atoms with E-state index < -0.39 is 0 Å². The number of benzene rings is 2. The van der Waals surface area contributed by atoms with Gasteiger partial charge in [0.2, 0.25) is 0 Å². The summed E-state index contributed by atoms with van der Waals surface area (Å²) in [5.41, 5.74) is 5.03. The van der Waals surface area contributed by atoms with Crippen LogP contribution in [0, 0.1) is 0 Å². The molecular weight excluding hydrogens is 296 g/mol. The zero-order valence-corrected chi connectivity index (χ0v) is 13.6. The van der Waals surface area contributed by atoms with Crippen LogP contribution in [0.2, 0.25) is 0 Å². The number of para-hydroxylation sites is 2. The summed E-state index contributed by atoms with van der Waals surface area (Å²) in [5, 5.41) is 0. The van der Waals surface area contributed by atoms with E-state index >= 15 is 0 Å². The number of rotatable bonds is 3. The third-order valence-corrected chi connectivity index (χ3v) is 4.19. The van der Waals surface area contributed by atoms with Gasteiger partial charge in [-0.3, -0.25) is 0 Å². The van der Waals surface area contributed by atoms with Crippen molar-refractivity contribution in [1.29, 1.82) is 0 Å². The Bertz CT molecular complexity index is 964. The smallest absolute Gasteiger partial charge is 0.161 e. The summed E-state index contributed by atoms with van der Waals surface area (Å²) < 4.78 is 2.22. The second-order valence-corrected chi connectivity index (χ2v) is 5.87. The minimum absolute atomic E-state index is 0.758. The maximum Gasteiger partial charge on any atom is 0.161 e. The van der Waals surface area contributed by atoms with E-state index in [1.807, 2.05) is 42.4 Å². The number of nitrogens with zero attached hydrogens (tertiary/aromatic N) is 4. The Balaban J connectivity index is 1.86. The Morgan fingerprint density at radius 1 is 1.00 bits per heavy atom. The predicted molar refractivity (Wildman–Crippen MR) is 98.6 cm³/mol. The molecule has 0 N–H and O–H groups in total. The van der Waals surface area contributed by atoms with Crippen LogP contribution in [-0.2, 0) is 6.54 Å². The quantitative estimate of drug-likeness (QED) is 0.734. The first-order chi connectivity index (χ1) is 11.7. The van der Waals surface area contributed by atoms with Crippen molar-refractivity contribution in [3.8, 4) is 0 Å². The fourth-order valence-corrected chi connectivity index (χ4v) is 2.85. The summed E-state index contributed by atoms with van der Waals surface area (Å²) >= 11 is 0. The molecule has 0 spiro atoms. The normalized spacial score (nSPS) is 14.3. The Morgan fingerprint density at radius 2 is 1.75 bits per heavy atom. The highest BCUT2D eigenvalue weighted by Crippen LogP contribution is 2.26. The van der Waals surface area contributed by atoms with Crippen LogP contribution in [0.3, 0.4) is 0 Å². The molecule has 3 aromatic rings. The molecule has 0 aliphatic carbocycles. The Morgan fingerprint density at radius 3 is 2.54 bits per heavy atom. The molecule has 0 bridgehead atoms. The minimum Gasteiger partial charge on any atom is -0.348 e. The van der Waals surface area contributed by atoms with Crippen molar-refractivity contribution >= 4 is 22.9 Å². The van der Waals surface area contributed by atoms with Crippen LogP contribution in [0.15, 0.2) is 78.1 Å². The highest BCUT2D eigenvalue weighted by atomic mass is 15.2. The van der Waals surface area contributed by atoms with Gasteiger partial charge in [0, 0.05) is 19.8 Å². The molecule has 4 heteroatoms. The Kier molecular flexibility index (Phi) is 3.50. The number of allylic oxidation sites excluding steroid dienone is 1. The molecule has 0 fully saturated rings. The van der Waals surface area contributed by atoms with Gasteiger partial charge < -0.3 is 9.47 Å². The largest absolute Gasteiger partial charge is 0.348 e. The highest BCUT2D eigenvalue weighted by molar-refractivity contribution is 5.87. The van der Waals surface area contributed by atoms with Gasteiger partial charge in [-0.1, -0.05) is 49.0 Å². The highest BCUT2D eigenvalue weighted by Gasteiger charge is 2.17. The fourth-order valence-electron chi connectivity index (χ4n) is 2.85. The number of fused-ring (bicyclic) bond motifs is 1. The second kappa shape index (κ2) is 5.81. The van der Waals surface area contributed by atoms with Crippen molar-refractivity contribution in [2.75, 3.05) is 7.05 Å². The monoisotopic (exact) mass is 314 g/mol. The molecule has 0 unspecified atom stereocenters. The van der Waals surface area contributed by atoms with E-state index in [2.05, 4.69) is 46.5 Å². The van der Waals surface area contributed by atoms with Crippen LogP contribution in [0.25, 0.3) is 16.7 Å². The average molecular weight is 314 g/mol. The van der Waals surface area contributed by atoms with Gasteiger partial charge in [0.25, 0.3) is 0 Å². The van der Waals surface area contributed by atoms with Gasteiger partial charge in [0.05, 0.1) is 22.9 Å². The summed E-state index contributed by atoms with van der Waals surface area (Å²) in [5.74, 6) is 0.871. The van der Waals surface area contributed by atoms with Crippen LogP contribution in [0.1, 0.15) is 11.4 Å². The van der Waals surface area contributed by atoms with Crippen LogP contribution in [-0.4, -0.2) is 27.7 Å². The summed E-state index contributed by atoms with van der Waals surface area (Å²) in [4.78, 5) is 11.3. The molecular formula is C20H18N4. The zero-order chi connectivity index (χ0) is 16.5. The number of imidazole rings is 1. The summed E-state index contributed by atoms with van der Waals surface area (Å²) in [6.07, 6.45) is 3.76. The number of hydrogen-bond donors (Lipinski definition) is 0. The molecule has 0 amide bonds. The lowest BCUT2D eigenvalue weighted by molar-refractivity contribution is 0.599. The van der Waals surface area contributed by atoms with E-state index in [0.29, 0.717) is 0 Å². The average Bonchev–Trinajstić information content (AvgIpc) is 2.97. The summed E-state index contributed by atoms with van der Waals surface area (Å²) in [6, 6.07) is 18.6. The van der Waals surface area contributed by atoms with E-state index in [0.717, 1.165) is 34.8 Å². The van der Waals surface area contributed by atoms with Gasteiger partial charge >= 0.3 is 0 Å². The van der Waals surface area contributed by atoms with Gasteiger partial charge in [-0.25, -0.2) is 9.98 Å². The standard InChI is InChI=1S/C20H18N4/c1-15-12-21-18(14-23(15)2)20-22-17-10-6-7-11-19(17)24(20)13-16-8-4-3-5-9-16/h3-12,14H,1,13H2,2H3. The molecule has 4 rings (SSSR count). The van der Waals surface area contributed by atoms with E-state index in [1.165, 1.54) is 5.56 Å². The molecule has 0 saturated heterocycles. The van der Waals surface area contributed by atoms with Crippen molar-refractivity contribution in [3.63, 3.8) is 0 Å². The molecule has 24 heavy (non-hydrogen) atoms. The lowest BCUT2D eigenvalue weighted by Crippen LogP contribution is -2.15. The molecule has 2 aromatic carbocycles. The van der Waals surface area contributed by atoms with Crippen LogP contribution >= 0.6 is 0 Å². The maximum atomic E-state index is 4.82. The van der Waals surface area contributed by atoms with E-state index in [4.69, 9.17) is 4.98 Å². The number of aromatic nitrogens is 2. The van der Waals surface area contributed by atoms with Crippen LogP contribution in [0.4, 0.5) is 0 Å². The first kappa shape index (κ1) is 14.5. The Labute approximate surface area is 141 Å². The van der Waals surface area contributed by atoms with Crippen LogP contribution in [0.5, 0.6) is 0 Å². The van der Waals surface area contributed by atoms with Gasteiger partial charge in [-0.05, 0) is 17.7 Å². The van der Waals surface area contributed by atoms with E-state index in [9.17, 15) is 0 Å². The molecule has 1 aliphatic heterocycles. The lowest BCUT2D eigenvalue weighted by atomic mass is 10.2. The SMILES string of the molecule is C=C1C=NC(c2nc3ccccc3n2Cc2ccccc2)=CN1C. The van der Waals surface area contributed by atoms with Gasteiger partial charge in [0.15, 0.2) is 5.82 Å². The molecule has 1 aromatic heterocycles. The van der Waals surface area contributed by atoms with Crippen molar-refractivity contribution in [3.05, 3.63) is 84.5 Å². The topological polar surface area (TPSA) is 33.4 Å². The van der Waals surface area contributed by atoms with Crippen molar-refractivity contribution < 1.29 is 0 Å². The maximum absolute atomic E-state index is 4.82. The zero-order valence-electron chi connectivity index (χ0n) is 13.6. The molecule has 1 aliphatic rings. The third-order valence-electron chi connectivity index (χ3n) is 4.19. The molecule has 118 valence electrons. The number of hydrogen-bond acceptors (Lipinski definition) is 3. The molecule has 0 atom stereocenters. The predicted octanol–water partition coefficient (Wildman–Crippen LogP) is 3.91. The molecule has 2 heterocycles. The minimum atomic E-state index is 0.758.